The molecule has 21 heavy (non-hydrogen) atoms. The first kappa shape index (κ1) is 15.6. The molecule has 4 atom stereocenters. The lowest BCUT2D eigenvalue weighted by molar-refractivity contribution is 0.280. The topological polar surface area (TPSA) is 46.2 Å². The fraction of sp³-hybridized carbons (Fsp3) is 0.600. The molecule has 0 spiro atoms. The van der Waals surface area contributed by atoms with Gasteiger partial charge in [-0.05, 0) is 62.1 Å². The van der Waals surface area contributed by atoms with Gasteiger partial charge in [0.1, 0.15) is 4.90 Å². The van der Waals surface area contributed by atoms with Crippen molar-refractivity contribution >= 4 is 33.2 Å². The Morgan fingerprint density at radius 3 is 2.62 bits per heavy atom. The summed E-state index contributed by atoms with van der Waals surface area (Å²) in [5, 5.41) is 0.569. The van der Waals surface area contributed by atoms with Crippen LogP contribution in [-0.4, -0.2) is 14.5 Å². The Kier molecular flexibility index (Phi) is 4.25. The summed E-state index contributed by atoms with van der Waals surface area (Å²) in [6, 6.07) is 4.43. The number of rotatable bonds is 4. The average Bonchev–Trinajstić information content (AvgIpc) is 3.03. The molecule has 2 aliphatic carbocycles. The number of hydrogen-bond donors (Lipinski definition) is 1. The van der Waals surface area contributed by atoms with Crippen LogP contribution in [0.25, 0.3) is 0 Å². The van der Waals surface area contributed by atoms with Crippen LogP contribution in [0.1, 0.15) is 32.6 Å². The molecule has 1 aromatic carbocycles. The molecule has 0 aromatic heterocycles. The van der Waals surface area contributed by atoms with Crippen LogP contribution in [0.3, 0.4) is 0 Å². The van der Waals surface area contributed by atoms with Crippen molar-refractivity contribution in [3.05, 3.63) is 28.2 Å². The summed E-state index contributed by atoms with van der Waals surface area (Å²) < 4.78 is 27.8. The van der Waals surface area contributed by atoms with Crippen LogP contribution >= 0.6 is 23.2 Å². The lowest BCUT2D eigenvalue weighted by Crippen LogP contribution is -2.40. The van der Waals surface area contributed by atoms with Crippen LogP contribution < -0.4 is 4.72 Å². The molecule has 3 rings (SSSR count). The van der Waals surface area contributed by atoms with Crippen LogP contribution in [0.4, 0.5) is 0 Å². The highest BCUT2D eigenvalue weighted by Crippen LogP contribution is 2.49. The molecule has 0 unspecified atom stereocenters. The number of benzene rings is 1. The molecular weight excluding hydrogens is 329 g/mol. The minimum absolute atomic E-state index is 0.0617. The predicted molar refractivity (Wildman–Crippen MR) is 85.2 cm³/mol. The van der Waals surface area contributed by atoms with Crippen molar-refractivity contribution in [2.45, 2.75) is 43.5 Å². The maximum atomic E-state index is 12.5. The minimum atomic E-state index is -3.63. The van der Waals surface area contributed by atoms with Gasteiger partial charge in [-0.3, -0.25) is 0 Å². The van der Waals surface area contributed by atoms with E-state index in [0.717, 1.165) is 12.3 Å². The van der Waals surface area contributed by atoms with E-state index < -0.39 is 10.0 Å². The Balaban J connectivity index is 1.78. The van der Waals surface area contributed by atoms with E-state index in [9.17, 15) is 8.42 Å². The van der Waals surface area contributed by atoms with Crippen LogP contribution in [0.5, 0.6) is 0 Å². The van der Waals surface area contributed by atoms with Gasteiger partial charge >= 0.3 is 0 Å². The molecule has 1 aromatic rings. The van der Waals surface area contributed by atoms with E-state index in [0.29, 0.717) is 16.9 Å². The van der Waals surface area contributed by atoms with Crippen LogP contribution in [0, 0.1) is 17.8 Å². The van der Waals surface area contributed by atoms with E-state index >= 15 is 0 Å². The van der Waals surface area contributed by atoms with Gasteiger partial charge in [0.05, 0.1) is 5.02 Å². The highest BCUT2D eigenvalue weighted by atomic mass is 35.5. The zero-order valence-corrected chi connectivity index (χ0v) is 14.2. The van der Waals surface area contributed by atoms with Crippen molar-refractivity contribution in [3.63, 3.8) is 0 Å². The summed E-state index contributed by atoms with van der Waals surface area (Å²) in [7, 11) is -3.63. The van der Waals surface area contributed by atoms with Crippen LogP contribution in [-0.2, 0) is 10.0 Å². The molecule has 6 heteroatoms. The predicted octanol–water partition coefficient (Wildman–Crippen LogP) is 4.10. The Hall–Kier alpha value is -0.290. The fourth-order valence-electron chi connectivity index (χ4n) is 3.99. The minimum Gasteiger partial charge on any atom is -0.208 e. The third kappa shape index (κ3) is 3.09. The Bertz CT molecular complexity index is 647. The lowest BCUT2D eigenvalue weighted by Gasteiger charge is -2.28. The summed E-state index contributed by atoms with van der Waals surface area (Å²) in [5.41, 5.74) is 0. The van der Waals surface area contributed by atoms with Crippen molar-refractivity contribution in [1.82, 2.24) is 4.72 Å². The largest absolute Gasteiger partial charge is 0.242 e. The number of halogens is 2. The molecule has 0 amide bonds. The van der Waals surface area contributed by atoms with Crippen LogP contribution in [0.2, 0.25) is 10.0 Å². The van der Waals surface area contributed by atoms with Crippen molar-refractivity contribution in [2.75, 3.05) is 0 Å². The molecule has 2 bridgehead atoms. The molecule has 0 saturated heterocycles. The highest BCUT2D eigenvalue weighted by molar-refractivity contribution is 7.89. The number of sulfonamides is 1. The maximum Gasteiger partial charge on any atom is 0.242 e. The first-order chi connectivity index (χ1) is 9.87. The van der Waals surface area contributed by atoms with Gasteiger partial charge in [0, 0.05) is 11.1 Å². The van der Waals surface area contributed by atoms with E-state index in [1.54, 1.807) is 6.07 Å². The van der Waals surface area contributed by atoms with E-state index in [1.807, 2.05) is 6.92 Å². The first-order valence-corrected chi connectivity index (χ1v) is 9.58. The van der Waals surface area contributed by atoms with Gasteiger partial charge in [0.2, 0.25) is 10.0 Å². The molecule has 2 aliphatic rings. The van der Waals surface area contributed by atoms with Gasteiger partial charge in [-0.15, -0.1) is 0 Å². The van der Waals surface area contributed by atoms with Gasteiger partial charge in [-0.1, -0.05) is 29.6 Å². The Morgan fingerprint density at radius 1 is 1.24 bits per heavy atom. The molecule has 1 N–H and O–H groups in total. The smallest absolute Gasteiger partial charge is 0.208 e. The van der Waals surface area contributed by atoms with Crippen molar-refractivity contribution in [2.24, 2.45) is 17.8 Å². The molecular formula is C15H19Cl2NO2S. The molecule has 0 aliphatic heterocycles. The normalized spacial score (nSPS) is 29.8. The summed E-state index contributed by atoms with van der Waals surface area (Å²) in [6.07, 6.45) is 4.94. The van der Waals surface area contributed by atoms with Gasteiger partial charge in [-0.2, -0.15) is 0 Å². The van der Waals surface area contributed by atoms with Crippen molar-refractivity contribution in [1.29, 1.82) is 0 Å². The number of fused-ring (bicyclic) bond motifs is 2. The molecule has 0 heterocycles. The standard InChI is InChI=1S/C15H19Cl2NO2S/c1-9(13-7-10-2-3-11(13)6-10)18-21(19,20)15-8-12(16)4-5-14(15)17/h4-5,8-11,13,18H,2-3,6-7H2,1H3/t9-,10-,11-,13+/m1/s1. The third-order valence-electron chi connectivity index (χ3n) is 4.96. The SMILES string of the molecule is C[C@@H](NS(=O)(=O)c1cc(Cl)ccc1Cl)[C@@H]1C[C@@H]2CC[C@@H]1C2. The Morgan fingerprint density at radius 2 is 2.00 bits per heavy atom. The second-order valence-corrected chi connectivity index (χ2v) is 8.85. The molecule has 0 radical (unpaired) electrons. The second kappa shape index (κ2) is 5.73. The summed E-state index contributed by atoms with van der Waals surface area (Å²) >= 11 is 11.9. The molecule has 116 valence electrons. The molecule has 2 fully saturated rings. The number of nitrogens with one attached hydrogen (secondary N) is 1. The second-order valence-electron chi connectivity index (χ2n) is 6.32. The maximum absolute atomic E-state index is 12.5. The molecule has 2 saturated carbocycles. The summed E-state index contributed by atoms with van der Waals surface area (Å²) in [5.74, 6) is 1.90. The molecule has 3 nitrogen and oxygen atoms in total. The quantitative estimate of drug-likeness (QED) is 0.891. The third-order valence-corrected chi connectivity index (χ3v) is 7.23. The fourth-order valence-corrected chi connectivity index (χ4v) is 6.04. The van der Waals surface area contributed by atoms with Crippen molar-refractivity contribution in [3.8, 4) is 0 Å². The van der Waals surface area contributed by atoms with E-state index in [2.05, 4.69) is 4.72 Å². The van der Waals surface area contributed by atoms with E-state index in [1.165, 1.54) is 31.4 Å². The van der Waals surface area contributed by atoms with Gasteiger partial charge in [0.15, 0.2) is 0 Å². The van der Waals surface area contributed by atoms with E-state index in [4.69, 9.17) is 23.2 Å². The Labute approximate surface area is 136 Å². The first-order valence-electron chi connectivity index (χ1n) is 7.34. The van der Waals surface area contributed by atoms with Gasteiger partial charge in [-0.25, -0.2) is 13.1 Å². The van der Waals surface area contributed by atoms with Crippen molar-refractivity contribution < 1.29 is 8.42 Å². The summed E-state index contributed by atoms with van der Waals surface area (Å²) in [4.78, 5) is 0.0617. The van der Waals surface area contributed by atoms with Gasteiger partial charge in [0.25, 0.3) is 0 Å². The van der Waals surface area contributed by atoms with Gasteiger partial charge < -0.3 is 0 Å². The monoisotopic (exact) mass is 347 g/mol. The van der Waals surface area contributed by atoms with E-state index in [-0.39, 0.29) is 16.0 Å². The highest BCUT2D eigenvalue weighted by Gasteiger charge is 2.42. The number of hydrogen-bond acceptors (Lipinski definition) is 2. The summed E-state index contributed by atoms with van der Waals surface area (Å²) in [6.45, 7) is 1.96. The zero-order valence-electron chi connectivity index (χ0n) is 11.9. The average molecular weight is 348 g/mol. The zero-order chi connectivity index (χ0) is 15.2. The lowest BCUT2D eigenvalue weighted by atomic mass is 9.84. The van der Waals surface area contributed by atoms with Crippen LogP contribution in [0.15, 0.2) is 23.1 Å².